The maximum absolute atomic E-state index is 11.3. The van der Waals surface area contributed by atoms with E-state index in [9.17, 15) is 14.7 Å². The summed E-state index contributed by atoms with van der Waals surface area (Å²) in [5.74, 6) is -1.04. The summed E-state index contributed by atoms with van der Waals surface area (Å²) in [4.78, 5) is 23.3. The van der Waals surface area contributed by atoms with E-state index in [4.69, 9.17) is 5.73 Å². The Morgan fingerprint density at radius 3 is 2.80 bits per heavy atom. The third-order valence-electron chi connectivity index (χ3n) is 2.39. The first-order valence-electron chi connectivity index (χ1n) is 4.15. The predicted molar refractivity (Wildman–Crippen MR) is 48.8 cm³/mol. The van der Waals surface area contributed by atoms with Gasteiger partial charge < -0.3 is 15.6 Å². The number of carboxylic acid groups (broad SMARTS) is 1. The zero-order valence-corrected chi connectivity index (χ0v) is 11.3. The molecule has 2 aliphatic heterocycles. The van der Waals surface area contributed by atoms with Gasteiger partial charge in [-0.1, -0.05) is 0 Å². The summed E-state index contributed by atoms with van der Waals surface area (Å²) >= 11 is 1.49. The average molecular weight is 236 g/mol. The number of hydrogen-bond donors (Lipinski definition) is 1. The molecule has 0 aromatic carbocycles. The number of nitrogens with zero attached hydrogens (tertiary/aromatic N) is 1. The van der Waals surface area contributed by atoms with E-state index in [-0.39, 0.29) is 46.5 Å². The van der Waals surface area contributed by atoms with Gasteiger partial charge in [-0.3, -0.25) is 9.69 Å². The number of carboxylic acids is 1. The Morgan fingerprint density at radius 2 is 2.27 bits per heavy atom. The Kier molecular flexibility index (Phi) is 3.89. The molecule has 0 unspecified atom stereocenters. The normalized spacial score (nSPS) is 29.2. The first-order chi connectivity index (χ1) is 6.54. The quantitative estimate of drug-likeness (QED) is 0.365. The number of fused-ring (bicyclic) bond motifs is 1. The van der Waals surface area contributed by atoms with E-state index in [2.05, 4.69) is 0 Å². The van der Waals surface area contributed by atoms with Crippen LogP contribution in [0.5, 0.6) is 0 Å². The molecular formula is C8H9N2NaO3S. The fourth-order valence-corrected chi connectivity index (χ4v) is 2.90. The van der Waals surface area contributed by atoms with Crippen LogP contribution in [0.2, 0.25) is 0 Å². The molecule has 15 heavy (non-hydrogen) atoms. The Balaban J connectivity index is 0.00000112. The minimum atomic E-state index is -1.30. The Labute approximate surface area is 113 Å². The number of aliphatic carboxylic acids is 1. The molecule has 2 aliphatic rings. The van der Waals surface area contributed by atoms with Gasteiger partial charge in [0.2, 0.25) is 5.91 Å². The van der Waals surface area contributed by atoms with Gasteiger partial charge >= 0.3 is 29.6 Å². The molecule has 0 aliphatic carbocycles. The molecule has 0 aromatic heterocycles. The Morgan fingerprint density at radius 1 is 1.67 bits per heavy atom. The van der Waals surface area contributed by atoms with Gasteiger partial charge in [0, 0.05) is 5.75 Å². The van der Waals surface area contributed by atoms with Crippen molar-refractivity contribution < 1.29 is 44.3 Å². The van der Waals surface area contributed by atoms with Crippen LogP contribution < -0.4 is 40.4 Å². The smallest absolute Gasteiger partial charge is 0.543 e. The van der Waals surface area contributed by atoms with Gasteiger partial charge in [0.15, 0.2) is 0 Å². The summed E-state index contributed by atoms with van der Waals surface area (Å²) < 4.78 is 0. The van der Waals surface area contributed by atoms with E-state index in [0.29, 0.717) is 11.3 Å². The number of β-lactam (4-membered cyclic amide) rings is 1. The molecule has 1 saturated heterocycles. The van der Waals surface area contributed by atoms with Crippen LogP contribution in [-0.4, -0.2) is 33.9 Å². The number of hydrogen-bond acceptors (Lipinski definition) is 5. The average Bonchev–Trinajstić information content (AvgIpc) is 2.15. The van der Waals surface area contributed by atoms with Crippen molar-refractivity contribution in [3.05, 3.63) is 11.3 Å². The summed E-state index contributed by atoms with van der Waals surface area (Å²) in [5.41, 5.74) is 6.20. The van der Waals surface area contributed by atoms with Crippen LogP contribution in [-0.2, 0) is 9.59 Å². The first-order valence-corrected chi connectivity index (χ1v) is 5.20. The summed E-state index contributed by atoms with van der Waals surface area (Å²) in [5, 5.41) is 10.6. The van der Waals surface area contributed by atoms with Gasteiger partial charge in [-0.2, -0.15) is 0 Å². The molecule has 5 nitrogen and oxygen atoms in total. The van der Waals surface area contributed by atoms with Crippen molar-refractivity contribution in [1.82, 2.24) is 4.90 Å². The molecule has 2 rings (SSSR count). The molecular weight excluding hydrogens is 227 g/mol. The van der Waals surface area contributed by atoms with Crippen LogP contribution in [0, 0.1) is 0 Å². The maximum atomic E-state index is 11.3. The monoisotopic (exact) mass is 236 g/mol. The van der Waals surface area contributed by atoms with Crippen molar-refractivity contribution in [3.8, 4) is 0 Å². The van der Waals surface area contributed by atoms with Crippen molar-refractivity contribution in [2.24, 2.45) is 5.73 Å². The van der Waals surface area contributed by atoms with Crippen molar-refractivity contribution >= 4 is 23.6 Å². The van der Waals surface area contributed by atoms with Crippen molar-refractivity contribution in [2.75, 3.05) is 5.75 Å². The van der Waals surface area contributed by atoms with E-state index in [0.717, 1.165) is 0 Å². The topological polar surface area (TPSA) is 86.5 Å². The van der Waals surface area contributed by atoms with Gasteiger partial charge in [-0.05, 0) is 12.5 Å². The third-order valence-corrected chi connectivity index (χ3v) is 3.84. The van der Waals surface area contributed by atoms with Crippen LogP contribution in [0.25, 0.3) is 0 Å². The van der Waals surface area contributed by atoms with Crippen molar-refractivity contribution in [1.29, 1.82) is 0 Å². The van der Waals surface area contributed by atoms with Crippen LogP contribution >= 0.6 is 11.8 Å². The Hall–Kier alpha value is -0.0100. The zero-order valence-electron chi connectivity index (χ0n) is 8.52. The molecule has 0 radical (unpaired) electrons. The van der Waals surface area contributed by atoms with Crippen molar-refractivity contribution in [3.63, 3.8) is 0 Å². The van der Waals surface area contributed by atoms with Crippen LogP contribution in [0.3, 0.4) is 0 Å². The second kappa shape index (κ2) is 4.47. The maximum Gasteiger partial charge on any atom is 1.00 e. The summed E-state index contributed by atoms with van der Waals surface area (Å²) in [6.07, 6.45) is 0. The molecule has 1 amide bonds. The SMILES string of the molecule is CC1=C(C(=O)[O-])N2C(=O)[C@H](N)[C@H]2SC1.[Na+]. The zero-order chi connectivity index (χ0) is 10.5. The van der Waals surface area contributed by atoms with E-state index >= 15 is 0 Å². The number of carbonyl (C=O) groups is 2. The first kappa shape index (κ1) is 13.1. The predicted octanol–water partition coefficient (Wildman–Crippen LogP) is -4.74. The van der Waals surface area contributed by atoms with Crippen LogP contribution in [0.4, 0.5) is 0 Å². The molecule has 0 bridgehead atoms. The molecule has 0 spiro atoms. The fraction of sp³-hybridized carbons (Fsp3) is 0.500. The molecule has 0 aromatic rings. The molecule has 2 heterocycles. The van der Waals surface area contributed by atoms with Gasteiger partial charge in [0.1, 0.15) is 11.4 Å². The standard InChI is InChI=1S/C8H10N2O3S.Na/c1-3-2-14-7-4(9)6(11)10(7)5(3)8(12)13;/h4,7H,2,9H2,1H3,(H,12,13);/q;+1/p-1/t4-,7+;/m0./s1. The van der Waals surface area contributed by atoms with Crippen molar-refractivity contribution in [2.45, 2.75) is 18.3 Å². The van der Waals surface area contributed by atoms with Gasteiger partial charge in [0.25, 0.3) is 0 Å². The van der Waals surface area contributed by atoms with Gasteiger partial charge in [-0.25, -0.2) is 0 Å². The largest absolute Gasteiger partial charge is 1.00 e. The molecule has 2 atom stereocenters. The van der Waals surface area contributed by atoms with E-state index in [1.807, 2.05) is 0 Å². The second-order valence-corrected chi connectivity index (χ2v) is 4.46. The van der Waals surface area contributed by atoms with Crippen LogP contribution in [0.15, 0.2) is 11.3 Å². The molecule has 7 heteroatoms. The molecule has 0 saturated carbocycles. The number of carbonyl (C=O) groups excluding carboxylic acids is 2. The van der Waals surface area contributed by atoms with Crippen LogP contribution in [0.1, 0.15) is 6.92 Å². The Bertz CT molecular complexity index is 358. The number of thioether (sulfide) groups is 1. The molecule has 2 N–H and O–H groups in total. The minimum Gasteiger partial charge on any atom is -0.543 e. The summed E-state index contributed by atoms with van der Waals surface area (Å²) in [6, 6.07) is -0.567. The third kappa shape index (κ3) is 1.85. The number of nitrogens with two attached hydrogens (primary N) is 1. The van der Waals surface area contributed by atoms with Gasteiger partial charge in [0.05, 0.1) is 11.7 Å². The summed E-state index contributed by atoms with van der Waals surface area (Å²) in [6.45, 7) is 1.69. The van der Waals surface area contributed by atoms with Gasteiger partial charge in [-0.15, -0.1) is 11.8 Å². The second-order valence-electron chi connectivity index (χ2n) is 3.35. The van der Waals surface area contributed by atoms with E-state index in [1.165, 1.54) is 16.7 Å². The van der Waals surface area contributed by atoms with E-state index in [1.54, 1.807) is 6.92 Å². The summed E-state index contributed by atoms with van der Waals surface area (Å²) in [7, 11) is 0. The number of rotatable bonds is 1. The molecule has 76 valence electrons. The minimum absolute atomic E-state index is 0. The molecule has 1 fully saturated rings. The fourth-order valence-electron chi connectivity index (χ4n) is 1.66. The van der Waals surface area contributed by atoms with E-state index < -0.39 is 12.0 Å². The number of amides is 1.